The molecule has 0 spiro atoms. The smallest absolute Gasteiger partial charge is 0.251 e. The second-order valence-corrected chi connectivity index (χ2v) is 6.46. The predicted molar refractivity (Wildman–Crippen MR) is 94.0 cm³/mol. The number of amides is 2. The van der Waals surface area contributed by atoms with E-state index in [-0.39, 0.29) is 17.9 Å². The van der Waals surface area contributed by atoms with Gasteiger partial charge in [0, 0.05) is 38.7 Å². The number of ether oxygens (including phenoxy) is 1. The summed E-state index contributed by atoms with van der Waals surface area (Å²) in [6.45, 7) is 3.88. The molecule has 1 heterocycles. The first-order chi connectivity index (χ1) is 11.6. The largest absolute Gasteiger partial charge is 0.378 e. The van der Waals surface area contributed by atoms with Crippen molar-refractivity contribution in [2.24, 2.45) is 0 Å². The fourth-order valence-corrected chi connectivity index (χ4v) is 2.78. The van der Waals surface area contributed by atoms with Gasteiger partial charge >= 0.3 is 0 Å². The van der Waals surface area contributed by atoms with Crippen LogP contribution in [0.15, 0.2) is 24.3 Å². The molecule has 2 rings (SSSR count). The van der Waals surface area contributed by atoms with Crippen LogP contribution in [0.1, 0.15) is 48.0 Å². The van der Waals surface area contributed by atoms with Gasteiger partial charge in [0.05, 0.1) is 6.10 Å². The third kappa shape index (κ3) is 5.96. The van der Waals surface area contributed by atoms with E-state index in [0.29, 0.717) is 25.1 Å². The second kappa shape index (κ2) is 9.42. The Morgan fingerprint density at radius 3 is 2.67 bits per heavy atom. The van der Waals surface area contributed by atoms with Crippen LogP contribution >= 0.6 is 0 Å². The molecule has 0 radical (unpaired) electrons. The van der Waals surface area contributed by atoms with Crippen LogP contribution in [-0.2, 0) is 9.53 Å². The van der Waals surface area contributed by atoms with Crippen LogP contribution < -0.4 is 5.32 Å². The van der Waals surface area contributed by atoms with Crippen LogP contribution in [0.4, 0.5) is 0 Å². The maximum Gasteiger partial charge on any atom is 0.251 e. The molecule has 1 aliphatic rings. The molecular weight excluding hydrogens is 304 g/mol. The Kier molecular flexibility index (Phi) is 7.25. The van der Waals surface area contributed by atoms with Gasteiger partial charge in [-0.3, -0.25) is 9.59 Å². The first-order valence-electron chi connectivity index (χ1n) is 8.76. The second-order valence-electron chi connectivity index (χ2n) is 6.46. The zero-order chi connectivity index (χ0) is 17.4. The van der Waals surface area contributed by atoms with E-state index in [2.05, 4.69) is 5.32 Å². The average molecular weight is 332 g/mol. The normalized spacial score (nSPS) is 17.3. The lowest BCUT2D eigenvalue weighted by molar-refractivity contribution is -0.130. The van der Waals surface area contributed by atoms with Crippen molar-refractivity contribution in [1.82, 2.24) is 10.2 Å². The van der Waals surface area contributed by atoms with Crippen LogP contribution in [0.2, 0.25) is 0 Å². The van der Waals surface area contributed by atoms with Gasteiger partial charge in [-0.2, -0.15) is 0 Å². The highest BCUT2D eigenvalue weighted by Crippen LogP contribution is 2.15. The van der Waals surface area contributed by atoms with E-state index in [1.807, 2.05) is 26.1 Å². The average Bonchev–Trinajstić information content (AvgIpc) is 2.61. The highest BCUT2D eigenvalue weighted by atomic mass is 16.5. The Hall–Kier alpha value is -1.88. The van der Waals surface area contributed by atoms with E-state index < -0.39 is 0 Å². The van der Waals surface area contributed by atoms with Gasteiger partial charge in [-0.05, 0) is 44.7 Å². The molecule has 24 heavy (non-hydrogen) atoms. The predicted octanol–water partition coefficient (Wildman–Crippen LogP) is 2.53. The maximum atomic E-state index is 12.1. The number of benzene rings is 1. The van der Waals surface area contributed by atoms with Crippen LogP contribution in [-0.4, -0.2) is 49.6 Å². The lowest BCUT2D eigenvalue weighted by Gasteiger charge is -2.25. The molecule has 0 saturated carbocycles. The van der Waals surface area contributed by atoms with Crippen LogP contribution in [0.25, 0.3) is 0 Å². The number of hydrogen-bond acceptors (Lipinski definition) is 3. The van der Waals surface area contributed by atoms with Crippen LogP contribution in [0.3, 0.4) is 0 Å². The number of carbonyl (C=O) groups is 2. The third-order valence-electron chi connectivity index (χ3n) is 4.42. The Balaban J connectivity index is 1.64. The first kappa shape index (κ1) is 18.5. The summed E-state index contributed by atoms with van der Waals surface area (Å²) >= 11 is 0. The minimum atomic E-state index is -0.138. The van der Waals surface area contributed by atoms with Crippen molar-refractivity contribution in [2.45, 2.75) is 45.1 Å². The van der Waals surface area contributed by atoms with Gasteiger partial charge in [-0.25, -0.2) is 0 Å². The molecule has 5 heteroatoms. The Morgan fingerprint density at radius 1 is 1.25 bits per heavy atom. The number of hydrogen-bond donors (Lipinski definition) is 1. The fraction of sp³-hybridized carbons (Fsp3) is 0.579. The summed E-state index contributed by atoms with van der Waals surface area (Å²) in [6.07, 6.45) is 4.95. The molecule has 0 unspecified atom stereocenters. The van der Waals surface area contributed by atoms with E-state index in [1.165, 1.54) is 6.42 Å². The molecule has 0 aliphatic carbocycles. The van der Waals surface area contributed by atoms with Crippen molar-refractivity contribution in [3.05, 3.63) is 35.4 Å². The topological polar surface area (TPSA) is 58.6 Å². The van der Waals surface area contributed by atoms with Crippen molar-refractivity contribution in [1.29, 1.82) is 0 Å². The van der Waals surface area contributed by atoms with E-state index in [4.69, 9.17) is 4.74 Å². The summed E-state index contributed by atoms with van der Waals surface area (Å²) in [5.74, 6) is -0.0870. The molecule has 132 valence electrons. The number of nitrogens with one attached hydrogen (secondary N) is 1. The lowest BCUT2D eigenvalue weighted by atomic mass is 10.1. The molecule has 0 aromatic heterocycles. The van der Waals surface area contributed by atoms with Crippen molar-refractivity contribution >= 4 is 11.8 Å². The molecule has 1 aromatic carbocycles. The van der Waals surface area contributed by atoms with Crippen LogP contribution in [0.5, 0.6) is 0 Å². The van der Waals surface area contributed by atoms with Crippen molar-refractivity contribution in [3.63, 3.8) is 0 Å². The number of carbonyl (C=O) groups excluding carboxylic acids is 2. The van der Waals surface area contributed by atoms with Gasteiger partial charge in [0.2, 0.25) is 5.91 Å². The monoisotopic (exact) mass is 332 g/mol. The zero-order valence-electron chi connectivity index (χ0n) is 14.7. The lowest BCUT2D eigenvalue weighted by Crippen LogP contribution is -2.34. The SMILES string of the molecule is Cc1ccc(C(=O)NCCC(=O)N(C)CC[C@@H]2CCCCO2)cc1. The van der Waals surface area contributed by atoms with Gasteiger partial charge in [0.15, 0.2) is 0 Å². The minimum absolute atomic E-state index is 0.0509. The van der Waals surface area contributed by atoms with E-state index >= 15 is 0 Å². The van der Waals surface area contributed by atoms with Crippen molar-refractivity contribution in [3.8, 4) is 0 Å². The molecule has 1 atom stereocenters. The molecule has 2 amide bonds. The quantitative estimate of drug-likeness (QED) is 0.835. The van der Waals surface area contributed by atoms with Gasteiger partial charge < -0.3 is 15.0 Å². The summed E-state index contributed by atoms with van der Waals surface area (Å²) in [5, 5.41) is 2.80. The minimum Gasteiger partial charge on any atom is -0.378 e. The summed E-state index contributed by atoms with van der Waals surface area (Å²) in [7, 11) is 1.81. The van der Waals surface area contributed by atoms with E-state index in [1.54, 1.807) is 17.0 Å². The first-order valence-corrected chi connectivity index (χ1v) is 8.76. The van der Waals surface area contributed by atoms with E-state index in [0.717, 1.165) is 31.4 Å². The molecule has 1 aliphatic heterocycles. The standard InChI is InChI=1S/C19H28N2O3/c1-15-6-8-16(9-7-15)19(23)20-12-10-18(22)21(2)13-11-17-5-3-4-14-24-17/h6-9,17H,3-5,10-14H2,1-2H3,(H,20,23)/t17-/m0/s1. The Morgan fingerprint density at radius 2 is 2.00 bits per heavy atom. The number of rotatable bonds is 7. The highest BCUT2D eigenvalue weighted by Gasteiger charge is 2.16. The summed E-state index contributed by atoms with van der Waals surface area (Å²) < 4.78 is 5.68. The van der Waals surface area contributed by atoms with Crippen molar-refractivity contribution < 1.29 is 14.3 Å². The zero-order valence-corrected chi connectivity index (χ0v) is 14.7. The molecule has 0 bridgehead atoms. The maximum absolute atomic E-state index is 12.1. The molecular formula is C19H28N2O3. The molecule has 5 nitrogen and oxygen atoms in total. The van der Waals surface area contributed by atoms with Gasteiger partial charge in [-0.15, -0.1) is 0 Å². The fourth-order valence-electron chi connectivity index (χ4n) is 2.78. The number of nitrogens with zero attached hydrogens (tertiary/aromatic N) is 1. The molecule has 1 fully saturated rings. The third-order valence-corrected chi connectivity index (χ3v) is 4.42. The number of aryl methyl sites for hydroxylation is 1. The molecule has 1 N–H and O–H groups in total. The highest BCUT2D eigenvalue weighted by molar-refractivity contribution is 5.94. The Labute approximate surface area is 144 Å². The van der Waals surface area contributed by atoms with Crippen molar-refractivity contribution in [2.75, 3.05) is 26.7 Å². The summed E-state index contributed by atoms with van der Waals surface area (Å²) in [5.41, 5.74) is 1.74. The van der Waals surface area contributed by atoms with Gasteiger partial charge in [0.1, 0.15) is 0 Å². The van der Waals surface area contributed by atoms with Gasteiger partial charge in [-0.1, -0.05) is 17.7 Å². The van der Waals surface area contributed by atoms with Crippen LogP contribution in [0, 0.1) is 6.92 Å². The summed E-state index contributed by atoms with van der Waals surface area (Å²) in [4.78, 5) is 25.8. The van der Waals surface area contributed by atoms with Gasteiger partial charge in [0.25, 0.3) is 5.91 Å². The Bertz CT molecular complexity index is 536. The molecule has 1 aromatic rings. The molecule has 1 saturated heterocycles. The summed E-state index contributed by atoms with van der Waals surface area (Å²) in [6, 6.07) is 7.40. The van der Waals surface area contributed by atoms with E-state index in [9.17, 15) is 9.59 Å².